The monoisotopic (exact) mass is 397 g/mol. The van der Waals surface area contributed by atoms with E-state index in [1.165, 1.54) is 13.4 Å². The van der Waals surface area contributed by atoms with Crippen LogP contribution >= 0.6 is 11.6 Å². The Labute approximate surface area is 164 Å². The molecule has 28 heavy (non-hydrogen) atoms. The lowest BCUT2D eigenvalue weighted by Gasteiger charge is -2.05. The number of amides is 1. The lowest BCUT2D eigenvalue weighted by molar-refractivity contribution is -0.120. The molecule has 0 bridgehead atoms. The summed E-state index contributed by atoms with van der Waals surface area (Å²) in [5.74, 6) is 0.296. The van der Waals surface area contributed by atoms with Crippen molar-refractivity contribution in [3.63, 3.8) is 0 Å². The molecule has 142 valence electrons. The van der Waals surface area contributed by atoms with Crippen molar-refractivity contribution in [3.8, 4) is 17.1 Å². The molecule has 0 aliphatic carbocycles. The number of benzene rings is 1. The summed E-state index contributed by atoms with van der Waals surface area (Å²) in [7, 11) is 1.54. The molecule has 0 aliphatic heterocycles. The van der Waals surface area contributed by atoms with Gasteiger partial charge in [-0.1, -0.05) is 16.8 Å². The van der Waals surface area contributed by atoms with Gasteiger partial charge in [0.1, 0.15) is 6.26 Å². The van der Waals surface area contributed by atoms with E-state index in [2.05, 4.69) is 25.4 Å². The molecule has 0 fully saturated rings. The van der Waals surface area contributed by atoms with Crippen LogP contribution in [0.25, 0.3) is 22.2 Å². The van der Waals surface area contributed by atoms with Gasteiger partial charge in [-0.05, 0) is 18.2 Å². The molecule has 9 heteroatoms. The van der Waals surface area contributed by atoms with E-state index >= 15 is 0 Å². The molecule has 0 spiro atoms. The van der Waals surface area contributed by atoms with Crippen molar-refractivity contribution in [1.82, 2.24) is 25.4 Å². The number of fused-ring (bicyclic) bond motifs is 1. The Morgan fingerprint density at radius 2 is 2.18 bits per heavy atom. The summed E-state index contributed by atoms with van der Waals surface area (Å²) in [6.07, 6.45) is 4.76. The normalized spacial score (nSPS) is 10.9. The van der Waals surface area contributed by atoms with Crippen molar-refractivity contribution >= 4 is 28.4 Å². The Morgan fingerprint density at radius 1 is 1.29 bits per heavy atom. The summed E-state index contributed by atoms with van der Waals surface area (Å²) in [6.45, 7) is 0.362. The number of rotatable bonds is 6. The molecule has 0 radical (unpaired) electrons. The summed E-state index contributed by atoms with van der Waals surface area (Å²) < 4.78 is 9.76. The molecule has 3 aromatic heterocycles. The number of carbonyl (C=O) groups excluding carboxylic acids is 1. The molecule has 1 aromatic carbocycles. The number of aromatic nitrogens is 4. The Morgan fingerprint density at radius 3 is 2.89 bits per heavy atom. The lowest BCUT2D eigenvalue weighted by Crippen LogP contribution is -2.24. The summed E-state index contributed by atoms with van der Waals surface area (Å²) in [4.78, 5) is 23.8. The van der Waals surface area contributed by atoms with Gasteiger partial charge in [-0.2, -0.15) is 0 Å². The number of hydrogen-bond acceptors (Lipinski definition) is 6. The summed E-state index contributed by atoms with van der Waals surface area (Å²) in [5, 5.41) is 8.08. The first-order chi connectivity index (χ1) is 13.6. The van der Waals surface area contributed by atoms with Crippen molar-refractivity contribution in [2.24, 2.45) is 0 Å². The number of carbonyl (C=O) groups is 1. The zero-order valence-electron chi connectivity index (χ0n) is 14.9. The number of methoxy groups -OCH3 is 1. The number of ether oxygens (including phenoxy) is 1. The van der Waals surface area contributed by atoms with Crippen molar-refractivity contribution in [2.75, 3.05) is 7.11 Å². The van der Waals surface area contributed by atoms with Crippen LogP contribution in [0.4, 0.5) is 0 Å². The van der Waals surface area contributed by atoms with Gasteiger partial charge >= 0.3 is 0 Å². The van der Waals surface area contributed by atoms with Crippen LogP contribution in [0, 0.1) is 0 Å². The predicted molar refractivity (Wildman–Crippen MR) is 103 cm³/mol. The molecule has 0 atom stereocenters. The van der Waals surface area contributed by atoms with E-state index in [1.807, 2.05) is 18.2 Å². The zero-order valence-corrected chi connectivity index (χ0v) is 15.7. The summed E-state index contributed by atoms with van der Waals surface area (Å²) in [6, 6.07) is 7.37. The third-order valence-corrected chi connectivity index (χ3v) is 4.50. The van der Waals surface area contributed by atoms with Crippen molar-refractivity contribution in [3.05, 3.63) is 59.3 Å². The van der Waals surface area contributed by atoms with Gasteiger partial charge in [0.25, 0.3) is 0 Å². The first kappa shape index (κ1) is 18.0. The van der Waals surface area contributed by atoms with Gasteiger partial charge < -0.3 is 19.6 Å². The Balaban J connectivity index is 1.51. The molecule has 4 rings (SSSR count). The van der Waals surface area contributed by atoms with Crippen LogP contribution in [0.15, 0.2) is 47.4 Å². The van der Waals surface area contributed by atoms with Gasteiger partial charge in [0.15, 0.2) is 0 Å². The number of H-pyrrole nitrogens is 1. The van der Waals surface area contributed by atoms with Crippen LogP contribution in [0.3, 0.4) is 0 Å². The molecule has 0 aliphatic rings. The fraction of sp³-hybridized carbons (Fsp3) is 0.158. The fourth-order valence-electron chi connectivity index (χ4n) is 2.81. The van der Waals surface area contributed by atoms with Gasteiger partial charge in [0.2, 0.25) is 11.8 Å². The minimum Gasteiger partial charge on any atom is -0.480 e. The lowest BCUT2D eigenvalue weighted by atomic mass is 10.1. The highest BCUT2D eigenvalue weighted by Gasteiger charge is 2.11. The molecule has 0 saturated heterocycles. The van der Waals surface area contributed by atoms with Gasteiger partial charge in [0.05, 0.1) is 48.9 Å². The first-order valence-electron chi connectivity index (χ1n) is 8.46. The highest BCUT2D eigenvalue weighted by molar-refractivity contribution is 6.34. The van der Waals surface area contributed by atoms with Crippen molar-refractivity contribution in [1.29, 1.82) is 0 Å². The predicted octanol–water partition coefficient (Wildman–Crippen LogP) is 3.13. The van der Waals surface area contributed by atoms with Crippen LogP contribution in [0.2, 0.25) is 5.02 Å². The first-order valence-corrected chi connectivity index (χ1v) is 8.83. The maximum absolute atomic E-state index is 12.0. The van der Waals surface area contributed by atoms with Crippen LogP contribution in [-0.4, -0.2) is 33.1 Å². The number of aromatic amines is 1. The average Bonchev–Trinajstić information content (AvgIpc) is 3.35. The molecule has 0 saturated carbocycles. The third-order valence-electron chi connectivity index (χ3n) is 4.19. The molecular formula is C19H16ClN5O3. The fourth-order valence-corrected chi connectivity index (χ4v) is 3.08. The molecule has 8 nitrogen and oxygen atoms in total. The number of nitrogens with zero attached hydrogens (tertiary/aromatic N) is 3. The Kier molecular flexibility index (Phi) is 4.94. The molecule has 1 amide bonds. The molecule has 0 unspecified atom stereocenters. The summed E-state index contributed by atoms with van der Waals surface area (Å²) in [5.41, 5.74) is 3.74. The van der Waals surface area contributed by atoms with Crippen LogP contribution in [0.1, 0.15) is 11.4 Å². The third kappa shape index (κ3) is 3.81. The highest BCUT2D eigenvalue weighted by atomic mass is 35.5. The summed E-state index contributed by atoms with van der Waals surface area (Å²) >= 11 is 6.43. The second kappa shape index (κ2) is 7.69. The second-order valence-corrected chi connectivity index (χ2v) is 6.51. The number of halogens is 1. The minimum atomic E-state index is -0.139. The van der Waals surface area contributed by atoms with E-state index in [9.17, 15) is 4.79 Å². The second-order valence-electron chi connectivity index (χ2n) is 6.10. The largest absolute Gasteiger partial charge is 0.480 e. The highest BCUT2D eigenvalue weighted by Crippen LogP contribution is 2.31. The van der Waals surface area contributed by atoms with E-state index in [-0.39, 0.29) is 12.3 Å². The van der Waals surface area contributed by atoms with Crippen LogP contribution in [-0.2, 0) is 17.8 Å². The number of nitrogens with one attached hydrogen (secondary N) is 2. The van der Waals surface area contributed by atoms with Gasteiger partial charge in [0, 0.05) is 28.2 Å². The van der Waals surface area contributed by atoms with E-state index in [0.29, 0.717) is 28.8 Å². The van der Waals surface area contributed by atoms with Crippen LogP contribution in [0.5, 0.6) is 5.88 Å². The zero-order chi connectivity index (χ0) is 19.5. The molecule has 3 heterocycles. The van der Waals surface area contributed by atoms with E-state index in [4.69, 9.17) is 20.9 Å². The smallest absolute Gasteiger partial charge is 0.232 e. The Hall–Kier alpha value is -3.39. The van der Waals surface area contributed by atoms with Gasteiger partial charge in [-0.15, -0.1) is 0 Å². The molecular weight excluding hydrogens is 382 g/mol. The standard InChI is InChI=1S/C19H16ClN5O3/c1-27-19-10-21-17(9-23-19)14-7-16-11(5-15(14)20)4-13(24-16)8-22-18(26)6-12-2-3-28-25-12/h2-5,7,9-10,24H,6,8H2,1H3,(H,22,26). The number of hydrogen-bond donors (Lipinski definition) is 2. The van der Waals surface area contributed by atoms with Gasteiger partial charge in [-0.25, -0.2) is 9.97 Å². The molecule has 2 N–H and O–H groups in total. The van der Waals surface area contributed by atoms with E-state index in [1.54, 1.807) is 18.5 Å². The van der Waals surface area contributed by atoms with E-state index in [0.717, 1.165) is 22.2 Å². The minimum absolute atomic E-state index is 0.139. The average molecular weight is 398 g/mol. The molecule has 4 aromatic rings. The quantitative estimate of drug-likeness (QED) is 0.517. The Bertz CT molecular complexity index is 1110. The maximum Gasteiger partial charge on any atom is 0.232 e. The van der Waals surface area contributed by atoms with Gasteiger partial charge in [-0.3, -0.25) is 4.79 Å². The van der Waals surface area contributed by atoms with Crippen molar-refractivity contribution in [2.45, 2.75) is 13.0 Å². The van der Waals surface area contributed by atoms with E-state index < -0.39 is 0 Å². The van der Waals surface area contributed by atoms with Crippen LogP contribution < -0.4 is 10.1 Å². The SMILES string of the molecule is COc1cnc(-c2cc3[nH]c(CNC(=O)Cc4ccon4)cc3cc2Cl)cn1. The topological polar surface area (TPSA) is 106 Å². The maximum atomic E-state index is 12.0. The van der Waals surface area contributed by atoms with Crippen molar-refractivity contribution < 1.29 is 14.1 Å².